The number of piperazine rings is 1. The Morgan fingerprint density at radius 1 is 0.781 bits per heavy atom. The highest BCUT2D eigenvalue weighted by Crippen LogP contribution is 2.33. The Morgan fingerprint density at radius 3 is 2.31 bits per heavy atom. The Labute approximate surface area is 187 Å². The molecule has 6 rings (SSSR count). The molecule has 1 saturated heterocycles. The highest BCUT2D eigenvalue weighted by atomic mass is 16.7. The van der Waals surface area contributed by atoms with Gasteiger partial charge >= 0.3 is 5.63 Å². The Morgan fingerprint density at radius 2 is 1.50 bits per heavy atom. The molecule has 0 amide bonds. The predicted molar refractivity (Wildman–Crippen MR) is 122 cm³/mol. The topological polar surface area (TPSA) is 55.2 Å². The van der Waals surface area contributed by atoms with Gasteiger partial charge in [0.1, 0.15) is 5.58 Å². The van der Waals surface area contributed by atoms with Crippen molar-refractivity contribution in [2.24, 2.45) is 0 Å². The molecular formula is C26H28N2O4. The molecule has 3 aromatic rings. The molecular weight excluding hydrogens is 404 g/mol. The van der Waals surface area contributed by atoms with Crippen molar-refractivity contribution in [3.05, 3.63) is 69.1 Å². The van der Waals surface area contributed by atoms with Gasteiger partial charge in [-0.2, -0.15) is 0 Å². The molecule has 6 heteroatoms. The number of nitrogens with zero attached hydrogens (tertiary/aromatic N) is 2. The van der Waals surface area contributed by atoms with Gasteiger partial charge in [-0.1, -0.05) is 6.07 Å². The van der Waals surface area contributed by atoms with Gasteiger partial charge in [-0.3, -0.25) is 9.80 Å². The van der Waals surface area contributed by atoms with E-state index < -0.39 is 0 Å². The normalized spacial score (nSPS) is 18.8. The van der Waals surface area contributed by atoms with E-state index in [0.717, 1.165) is 80.1 Å². The molecule has 0 bridgehead atoms. The second kappa shape index (κ2) is 8.26. The number of fused-ring (bicyclic) bond motifs is 3. The molecule has 2 aromatic carbocycles. The number of hydrogen-bond acceptors (Lipinski definition) is 6. The SMILES string of the molecule is O=c1cc(CN2CCN(Cc3ccc4c(c3)OCO4)CC2)c2cc3c(cc2o1)CCCC3. The van der Waals surface area contributed by atoms with Gasteiger partial charge in [0.25, 0.3) is 0 Å². The van der Waals surface area contributed by atoms with E-state index >= 15 is 0 Å². The maximum Gasteiger partial charge on any atom is 0.336 e. The Hall–Kier alpha value is -2.83. The standard InChI is InChI=1S/C26H28N2O4/c29-26-14-21(22-12-19-3-1-2-4-20(19)13-24(22)32-26)16-28-9-7-27(8-10-28)15-18-5-6-23-25(11-18)31-17-30-23/h5-6,11-14H,1-4,7-10,15-17H2. The molecule has 166 valence electrons. The summed E-state index contributed by atoms with van der Waals surface area (Å²) in [6.45, 7) is 5.99. The van der Waals surface area contributed by atoms with Gasteiger partial charge in [0, 0.05) is 50.7 Å². The van der Waals surface area contributed by atoms with Gasteiger partial charge in [-0.05, 0) is 72.2 Å². The fraction of sp³-hybridized carbons (Fsp3) is 0.423. The first kappa shape index (κ1) is 19.8. The fourth-order valence-electron chi connectivity index (χ4n) is 5.23. The summed E-state index contributed by atoms with van der Waals surface area (Å²) in [6, 6.07) is 12.3. The molecule has 1 fully saturated rings. The summed E-state index contributed by atoms with van der Waals surface area (Å²) in [5, 5.41) is 1.10. The van der Waals surface area contributed by atoms with Crippen LogP contribution in [-0.4, -0.2) is 42.8 Å². The van der Waals surface area contributed by atoms with Crippen LogP contribution < -0.4 is 15.1 Å². The number of aryl methyl sites for hydroxylation is 2. The summed E-state index contributed by atoms with van der Waals surface area (Å²) in [7, 11) is 0. The highest BCUT2D eigenvalue weighted by Gasteiger charge is 2.21. The maximum absolute atomic E-state index is 12.2. The van der Waals surface area contributed by atoms with E-state index in [1.807, 2.05) is 6.07 Å². The lowest BCUT2D eigenvalue weighted by molar-refractivity contribution is 0.122. The largest absolute Gasteiger partial charge is 0.454 e. The number of ether oxygens (including phenoxy) is 2. The summed E-state index contributed by atoms with van der Waals surface area (Å²) in [4.78, 5) is 17.2. The van der Waals surface area contributed by atoms with E-state index in [-0.39, 0.29) is 5.63 Å². The number of rotatable bonds is 4. The van der Waals surface area contributed by atoms with Crippen LogP contribution in [0.2, 0.25) is 0 Å². The van der Waals surface area contributed by atoms with E-state index in [4.69, 9.17) is 13.9 Å². The van der Waals surface area contributed by atoms with Gasteiger partial charge in [0.2, 0.25) is 6.79 Å². The summed E-state index contributed by atoms with van der Waals surface area (Å²) in [5.41, 5.74) is 5.61. The summed E-state index contributed by atoms with van der Waals surface area (Å²) in [6.07, 6.45) is 4.68. The second-order valence-electron chi connectivity index (χ2n) is 9.15. The Kier molecular flexibility index (Phi) is 5.12. The van der Waals surface area contributed by atoms with Crippen LogP contribution in [0, 0.1) is 0 Å². The van der Waals surface area contributed by atoms with E-state index in [1.165, 1.54) is 29.5 Å². The van der Waals surface area contributed by atoms with Crippen molar-refractivity contribution in [1.82, 2.24) is 9.80 Å². The molecule has 0 spiro atoms. The van der Waals surface area contributed by atoms with Crippen molar-refractivity contribution in [3.8, 4) is 11.5 Å². The monoisotopic (exact) mass is 432 g/mol. The zero-order valence-corrected chi connectivity index (χ0v) is 18.3. The summed E-state index contributed by atoms with van der Waals surface area (Å²) < 4.78 is 16.5. The third-order valence-electron chi connectivity index (χ3n) is 6.99. The van der Waals surface area contributed by atoms with Crippen LogP contribution >= 0.6 is 0 Å². The van der Waals surface area contributed by atoms with Gasteiger partial charge in [-0.25, -0.2) is 4.79 Å². The zero-order chi connectivity index (χ0) is 21.5. The summed E-state index contributed by atoms with van der Waals surface area (Å²) >= 11 is 0. The van der Waals surface area contributed by atoms with E-state index in [1.54, 1.807) is 6.07 Å². The minimum atomic E-state index is -0.246. The van der Waals surface area contributed by atoms with Crippen LogP contribution in [0.4, 0.5) is 0 Å². The van der Waals surface area contributed by atoms with Crippen molar-refractivity contribution < 1.29 is 13.9 Å². The van der Waals surface area contributed by atoms with Crippen LogP contribution in [0.3, 0.4) is 0 Å². The average Bonchev–Trinajstić information content (AvgIpc) is 3.27. The third kappa shape index (κ3) is 3.89. The number of benzene rings is 2. The average molecular weight is 433 g/mol. The fourth-order valence-corrected chi connectivity index (χ4v) is 5.23. The van der Waals surface area contributed by atoms with Crippen molar-refractivity contribution in [2.45, 2.75) is 38.8 Å². The van der Waals surface area contributed by atoms with Crippen LogP contribution in [0.5, 0.6) is 11.5 Å². The first-order valence-electron chi connectivity index (χ1n) is 11.6. The number of hydrogen-bond donors (Lipinski definition) is 0. The molecule has 2 aliphatic heterocycles. The lowest BCUT2D eigenvalue weighted by Crippen LogP contribution is -2.45. The molecule has 3 heterocycles. The summed E-state index contributed by atoms with van der Waals surface area (Å²) in [5.74, 6) is 1.68. The minimum absolute atomic E-state index is 0.246. The highest BCUT2D eigenvalue weighted by molar-refractivity contribution is 5.82. The third-order valence-corrected chi connectivity index (χ3v) is 6.99. The van der Waals surface area contributed by atoms with E-state index in [2.05, 4.69) is 34.1 Å². The molecule has 32 heavy (non-hydrogen) atoms. The van der Waals surface area contributed by atoms with Gasteiger partial charge in [-0.15, -0.1) is 0 Å². The maximum atomic E-state index is 12.2. The Balaban J connectivity index is 1.14. The lowest BCUT2D eigenvalue weighted by Gasteiger charge is -2.35. The van der Waals surface area contributed by atoms with Crippen molar-refractivity contribution >= 4 is 11.0 Å². The van der Waals surface area contributed by atoms with Crippen LogP contribution in [0.15, 0.2) is 45.6 Å². The van der Waals surface area contributed by atoms with Gasteiger partial charge in [0.15, 0.2) is 11.5 Å². The van der Waals surface area contributed by atoms with Crippen LogP contribution in [0.1, 0.15) is 35.1 Å². The molecule has 0 atom stereocenters. The quantitative estimate of drug-likeness (QED) is 0.586. The van der Waals surface area contributed by atoms with Crippen LogP contribution in [0.25, 0.3) is 11.0 Å². The molecule has 3 aliphatic rings. The van der Waals surface area contributed by atoms with Gasteiger partial charge in [0.05, 0.1) is 0 Å². The second-order valence-corrected chi connectivity index (χ2v) is 9.15. The van der Waals surface area contributed by atoms with Crippen molar-refractivity contribution in [2.75, 3.05) is 33.0 Å². The molecule has 0 unspecified atom stereocenters. The Bertz CT molecular complexity index is 1210. The molecule has 0 N–H and O–H groups in total. The predicted octanol–water partition coefficient (Wildman–Crippen LogP) is 3.72. The zero-order valence-electron chi connectivity index (χ0n) is 18.3. The molecule has 6 nitrogen and oxygen atoms in total. The van der Waals surface area contributed by atoms with Crippen molar-refractivity contribution in [3.63, 3.8) is 0 Å². The smallest absolute Gasteiger partial charge is 0.336 e. The van der Waals surface area contributed by atoms with Crippen LogP contribution in [-0.2, 0) is 25.9 Å². The molecule has 0 saturated carbocycles. The first-order chi connectivity index (χ1) is 15.7. The first-order valence-corrected chi connectivity index (χ1v) is 11.6. The van der Waals surface area contributed by atoms with Gasteiger partial charge < -0.3 is 13.9 Å². The van der Waals surface area contributed by atoms with Crippen molar-refractivity contribution in [1.29, 1.82) is 0 Å². The molecule has 1 aromatic heterocycles. The van der Waals surface area contributed by atoms with E-state index in [0.29, 0.717) is 6.79 Å². The van der Waals surface area contributed by atoms with E-state index in [9.17, 15) is 4.79 Å². The molecule has 0 radical (unpaired) electrons. The lowest BCUT2D eigenvalue weighted by atomic mass is 9.90. The minimum Gasteiger partial charge on any atom is -0.454 e. The molecule has 1 aliphatic carbocycles.